The first-order valence-corrected chi connectivity index (χ1v) is 4.28. The molecule has 0 aliphatic rings. The van der Waals surface area contributed by atoms with Gasteiger partial charge in [0.25, 0.3) is 0 Å². The number of hydrogen-bond acceptors (Lipinski definition) is 0. The molecule has 1 aromatic carbocycles. The van der Waals surface area contributed by atoms with E-state index in [1.54, 1.807) is 6.08 Å². The molecule has 0 aromatic heterocycles. The van der Waals surface area contributed by atoms with Gasteiger partial charge in [-0.3, -0.25) is 4.39 Å². The van der Waals surface area contributed by atoms with Crippen molar-refractivity contribution in [2.45, 2.75) is 19.8 Å². The van der Waals surface area contributed by atoms with E-state index >= 15 is 0 Å². The molecule has 0 fully saturated rings. The fourth-order valence-electron chi connectivity index (χ4n) is 0.974. The van der Waals surface area contributed by atoms with E-state index in [0.29, 0.717) is 0 Å². The van der Waals surface area contributed by atoms with Crippen molar-refractivity contribution in [3.8, 4) is 0 Å². The molecule has 0 saturated carbocycles. The Bertz CT molecular complexity index is 308. The van der Waals surface area contributed by atoms with Crippen LogP contribution in [-0.4, -0.2) is 0 Å². The van der Waals surface area contributed by atoms with Gasteiger partial charge < -0.3 is 0 Å². The fraction of sp³-hybridized carbons (Fsp3) is 0.273. The van der Waals surface area contributed by atoms with Gasteiger partial charge in [0, 0.05) is 5.82 Å². The number of halogens is 2. The van der Waals surface area contributed by atoms with Gasteiger partial charge >= 0.3 is 18.9 Å². The summed E-state index contributed by atoms with van der Waals surface area (Å²) >= 11 is 0. The largest absolute Gasteiger partial charge is 1.00 e. The Hall–Kier alpha value is -0.583. The molecule has 0 saturated heterocycles. The minimum absolute atomic E-state index is 0. The number of benzene rings is 1. The zero-order valence-corrected chi connectivity index (χ0v) is 8.48. The minimum Gasteiger partial charge on any atom is -0.281 e. The molecule has 1 aromatic rings. The molecule has 0 unspecified atom stereocenters. The molecule has 0 amide bonds. The van der Waals surface area contributed by atoms with Crippen LogP contribution in [0.25, 0.3) is 6.08 Å². The summed E-state index contributed by atoms with van der Waals surface area (Å²) in [4.78, 5) is 0. The van der Waals surface area contributed by atoms with Crippen LogP contribution in [-0.2, 0) is 0 Å². The van der Waals surface area contributed by atoms with Crippen LogP contribution in [0.1, 0.15) is 25.3 Å². The third kappa shape index (κ3) is 3.65. The van der Waals surface area contributed by atoms with E-state index in [0.717, 1.165) is 12.8 Å². The molecule has 0 aliphatic heterocycles. The first-order valence-electron chi connectivity index (χ1n) is 4.28. The number of rotatable bonds is 3. The zero-order valence-electron chi connectivity index (χ0n) is 8.48. The summed E-state index contributed by atoms with van der Waals surface area (Å²) in [6.45, 7) is 2.03. The molecule has 0 N–H and O–H groups in total. The molecule has 0 radical (unpaired) electrons. The monoisotopic (exact) mass is 188 g/mol. The molecule has 3 heteroatoms. The summed E-state index contributed by atoms with van der Waals surface area (Å²) in [5.74, 6) is -1.74. The molecule has 14 heavy (non-hydrogen) atoms. The summed E-state index contributed by atoms with van der Waals surface area (Å²) in [7, 11) is 0. The van der Waals surface area contributed by atoms with E-state index in [4.69, 9.17) is 0 Å². The second kappa shape index (κ2) is 6.81. The van der Waals surface area contributed by atoms with Crippen LogP contribution in [0.15, 0.2) is 18.2 Å². The van der Waals surface area contributed by atoms with Crippen LogP contribution >= 0.6 is 0 Å². The summed E-state index contributed by atoms with van der Waals surface area (Å²) in [5, 5.41) is 0. The third-order valence-electron chi connectivity index (χ3n) is 1.67. The topological polar surface area (TPSA) is 0 Å². The molecular weight excluding hydrogens is 177 g/mol. The van der Waals surface area contributed by atoms with Gasteiger partial charge in [-0.05, 0) is 6.42 Å². The van der Waals surface area contributed by atoms with Crippen LogP contribution in [0.4, 0.5) is 8.78 Å². The van der Waals surface area contributed by atoms with Crippen LogP contribution in [0.3, 0.4) is 0 Å². The van der Waals surface area contributed by atoms with Crippen molar-refractivity contribution in [2.75, 3.05) is 0 Å². The second-order valence-electron chi connectivity index (χ2n) is 2.75. The van der Waals surface area contributed by atoms with Crippen LogP contribution in [0.5, 0.6) is 0 Å². The van der Waals surface area contributed by atoms with Crippen molar-refractivity contribution in [3.63, 3.8) is 0 Å². The molecule has 1 rings (SSSR count). The predicted molar refractivity (Wildman–Crippen MR) is 49.1 cm³/mol. The molecule has 0 bridgehead atoms. The van der Waals surface area contributed by atoms with Gasteiger partial charge in [-0.25, -0.2) is 4.39 Å². The summed E-state index contributed by atoms with van der Waals surface area (Å²) in [6.07, 6.45) is 5.30. The van der Waals surface area contributed by atoms with Crippen molar-refractivity contribution >= 4 is 6.08 Å². The summed E-state index contributed by atoms with van der Waals surface area (Å²) in [5.41, 5.74) is 0.282. The first kappa shape index (κ1) is 13.4. The maximum absolute atomic E-state index is 13.0. The van der Waals surface area contributed by atoms with E-state index in [1.807, 2.05) is 13.0 Å². The molecular formula is C11H11F2Li. The maximum Gasteiger partial charge on any atom is 1.00 e. The average Bonchev–Trinajstić information content (AvgIpc) is 2.13. The van der Waals surface area contributed by atoms with Crippen molar-refractivity contribution < 1.29 is 27.6 Å². The summed E-state index contributed by atoms with van der Waals surface area (Å²) in [6, 6.07) is 5.04. The SMILES string of the molecule is CCCC=Cc1cc[c-]c(F)c1F.[Li+]. The van der Waals surface area contributed by atoms with Crippen LogP contribution < -0.4 is 18.9 Å². The Morgan fingerprint density at radius 1 is 1.43 bits per heavy atom. The minimum atomic E-state index is -0.918. The maximum atomic E-state index is 13.0. The van der Waals surface area contributed by atoms with Crippen molar-refractivity contribution in [2.24, 2.45) is 0 Å². The number of hydrogen-bond donors (Lipinski definition) is 0. The van der Waals surface area contributed by atoms with Crippen LogP contribution in [0, 0.1) is 17.7 Å². The second-order valence-corrected chi connectivity index (χ2v) is 2.75. The van der Waals surface area contributed by atoms with Crippen molar-refractivity contribution in [3.05, 3.63) is 41.5 Å². The molecule has 0 atom stereocenters. The quantitative estimate of drug-likeness (QED) is 0.481. The molecule has 0 nitrogen and oxygen atoms in total. The first-order chi connectivity index (χ1) is 6.25. The fourth-order valence-corrected chi connectivity index (χ4v) is 0.974. The Labute approximate surface area is 95.2 Å². The Kier molecular flexibility index (Phi) is 6.53. The van der Waals surface area contributed by atoms with E-state index in [-0.39, 0.29) is 24.4 Å². The van der Waals surface area contributed by atoms with Gasteiger partial charge in [-0.2, -0.15) is 12.1 Å². The third-order valence-corrected chi connectivity index (χ3v) is 1.67. The van der Waals surface area contributed by atoms with Crippen molar-refractivity contribution in [1.82, 2.24) is 0 Å². The standard InChI is InChI=1S/C11H11F2.Li/c1-2-3-4-6-9-7-5-8-10(12)11(9)13;/h4-7H,2-3H2,1H3;/q-1;+1. The van der Waals surface area contributed by atoms with Gasteiger partial charge in [-0.15, -0.1) is 6.07 Å². The van der Waals surface area contributed by atoms with Gasteiger partial charge in [0.05, 0.1) is 5.82 Å². The number of allylic oxidation sites excluding steroid dienone is 1. The van der Waals surface area contributed by atoms with Crippen molar-refractivity contribution in [1.29, 1.82) is 0 Å². The normalized spacial score (nSPS) is 10.2. The number of unbranched alkanes of at least 4 members (excludes halogenated alkanes) is 1. The van der Waals surface area contributed by atoms with Gasteiger partial charge in [0.1, 0.15) is 0 Å². The Morgan fingerprint density at radius 3 is 2.79 bits per heavy atom. The smallest absolute Gasteiger partial charge is 0.281 e. The molecule has 0 aliphatic carbocycles. The van der Waals surface area contributed by atoms with Crippen LogP contribution in [0.2, 0.25) is 0 Å². The molecule has 0 spiro atoms. The van der Waals surface area contributed by atoms with Gasteiger partial charge in [-0.1, -0.05) is 31.1 Å². The molecule has 0 heterocycles. The summed E-state index contributed by atoms with van der Waals surface area (Å²) < 4.78 is 25.6. The average molecular weight is 188 g/mol. The predicted octanol–water partition coefficient (Wildman–Crippen LogP) is 0.582. The Morgan fingerprint density at radius 2 is 2.14 bits per heavy atom. The Balaban J connectivity index is 0.00000169. The van der Waals surface area contributed by atoms with E-state index in [2.05, 4.69) is 6.07 Å². The van der Waals surface area contributed by atoms with E-state index in [9.17, 15) is 8.78 Å². The zero-order chi connectivity index (χ0) is 9.68. The molecule has 70 valence electrons. The van der Waals surface area contributed by atoms with E-state index in [1.165, 1.54) is 12.1 Å². The van der Waals surface area contributed by atoms with Gasteiger partial charge in [0.2, 0.25) is 0 Å². The van der Waals surface area contributed by atoms with E-state index < -0.39 is 11.6 Å². The van der Waals surface area contributed by atoms with Gasteiger partial charge in [0.15, 0.2) is 0 Å².